The summed E-state index contributed by atoms with van der Waals surface area (Å²) in [5.74, 6) is -0.738. The zero-order valence-electron chi connectivity index (χ0n) is 14.2. The number of methoxy groups -OCH3 is 1. The van der Waals surface area contributed by atoms with Gasteiger partial charge in [-0.15, -0.1) is 0 Å². The molecule has 0 aliphatic heterocycles. The summed E-state index contributed by atoms with van der Waals surface area (Å²) in [6, 6.07) is 6.30. The van der Waals surface area contributed by atoms with Gasteiger partial charge in [0, 0.05) is 13.0 Å². The van der Waals surface area contributed by atoms with E-state index < -0.39 is 16.0 Å². The Morgan fingerprint density at radius 3 is 2.50 bits per heavy atom. The maximum Gasteiger partial charge on any atom is 0.340 e. The summed E-state index contributed by atoms with van der Waals surface area (Å²) in [5, 5.41) is 2.69. The summed E-state index contributed by atoms with van der Waals surface area (Å²) in [6.45, 7) is 2.18. The van der Waals surface area contributed by atoms with Crippen LogP contribution in [-0.2, 0) is 19.6 Å². The van der Waals surface area contributed by atoms with Crippen LogP contribution in [0.25, 0.3) is 0 Å². The Morgan fingerprint density at radius 1 is 1.25 bits per heavy atom. The number of nitrogens with one attached hydrogen (secondary N) is 1. The van der Waals surface area contributed by atoms with Crippen LogP contribution in [-0.4, -0.2) is 46.7 Å². The highest BCUT2D eigenvalue weighted by atomic mass is 32.2. The Labute approximate surface area is 143 Å². The molecule has 1 rings (SSSR count). The zero-order chi connectivity index (χ0) is 18.2. The first-order valence-corrected chi connectivity index (χ1v) is 9.57. The third-order valence-electron chi connectivity index (χ3n) is 3.37. The van der Waals surface area contributed by atoms with Gasteiger partial charge in [-0.3, -0.25) is 9.10 Å². The van der Waals surface area contributed by atoms with Gasteiger partial charge in [0.2, 0.25) is 15.9 Å². The molecule has 7 nitrogen and oxygen atoms in total. The maximum absolute atomic E-state index is 12.1. The number of para-hydroxylation sites is 1. The summed E-state index contributed by atoms with van der Waals surface area (Å²) >= 11 is 0. The molecule has 0 heterocycles. The number of sulfonamides is 1. The molecule has 134 valence electrons. The predicted octanol–water partition coefficient (Wildman–Crippen LogP) is 1.55. The van der Waals surface area contributed by atoms with Crippen molar-refractivity contribution in [3.63, 3.8) is 0 Å². The van der Waals surface area contributed by atoms with Crippen LogP contribution in [0.2, 0.25) is 0 Å². The van der Waals surface area contributed by atoms with Gasteiger partial charge in [0.25, 0.3) is 0 Å². The van der Waals surface area contributed by atoms with Crippen molar-refractivity contribution >= 4 is 27.6 Å². The smallest absolute Gasteiger partial charge is 0.340 e. The summed E-state index contributed by atoms with van der Waals surface area (Å²) in [4.78, 5) is 23.5. The largest absolute Gasteiger partial charge is 0.465 e. The van der Waals surface area contributed by atoms with Gasteiger partial charge in [-0.1, -0.05) is 25.5 Å². The average molecular weight is 356 g/mol. The van der Waals surface area contributed by atoms with Gasteiger partial charge in [0.1, 0.15) is 0 Å². The summed E-state index contributed by atoms with van der Waals surface area (Å²) in [7, 11) is -2.39. The lowest BCUT2D eigenvalue weighted by Gasteiger charge is -2.24. The number of ether oxygens (including phenoxy) is 1. The fourth-order valence-corrected chi connectivity index (χ4v) is 3.10. The van der Waals surface area contributed by atoms with Crippen LogP contribution in [0.5, 0.6) is 0 Å². The number of benzene rings is 1. The Morgan fingerprint density at radius 2 is 1.92 bits per heavy atom. The monoisotopic (exact) mass is 356 g/mol. The van der Waals surface area contributed by atoms with Crippen molar-refractivity contribution < 1.29 is 22.7 Å². The van der Waals surface area contributed by atoms with Crippen LogP contribution in [0.4, 0.5) is 5.69 Å². The van der Waals surface area contributed by atoms with E-state index >= 15 is 0 Å². The van der Waals surface area contributed by atoms with E-state index in [0.29, 0.717) is 6.42 Å². The minimum atomic E-state index is -3.62. The quantitative estimate of drug-likeness (QED) is 0.678. The van der Waals surface area contributed by atoms with Gasteiger partial charge < -0.3 is 10.1 Å². The number of unbranched alkanes of at least 4 members (excludes halogenated alkanes) is 1. The van der Waals surface area contributed by atoms with Gasteiger partial charge in [-0.25, -0.2) is 13.2 Å². The van der Waals surface area contributed by atoms with Crippen molar-refractivity contribution in [1.82, 2.24) is 5.32 Å². The second kappa shape index (κ2) is 9.27. The van der Waals surface area contributed by atoms with Gasteiger partial charge in [0.15, 0.2) is 0 Å². The number of hydrogen-bond donors (Lipinski definition) is 1. The normalized spacial score (nSPS) is 11.0. The Bertz CT molecular complexity index is 673. The molecule has 1 aromatic rings. The minimum absolute atomic E-state index is 0.0324. The average Bonchev–Trinajstić information content (AvgIpc) is 2.55. The highest BCUT2D eigenvalue weighted by Crippen LogP contribution is 2.23. The first-order valence-electron chi connectivity index (χ1n) is 7.73. The highest BCUT2D eigenvalue weighted by Gasteiger charge is 2.23. The fourth-order valence-electron chi connectivity index (χ4n) is 2.16. The van der Waals surface area contributed by atoms with Crippen molar-refractivity contribution in [2.75, 3.05) is 30.8 Å². The number of amides is 1. The number of carbonyl (C=O) groups excluding carboxylic acids is 2. The summed E-state index contributed by atoms with van der Waals surface area (Å²) in [6.07, 6.45) is 3.16. The Hall–Kier alpha value is -2.09. The number of rotatable bonds is 9. The second-order valence-corrected chi connectivity index (χ2v) is 7.20. The molecule has 0 spiro atoms. The van der Waals surface area contributed by atoms with Crippen LogP contribution in [0, 0.1) is 0 Å². The van der Waals surface area contributed by atoms with Crippen LogP contribution < -0.4 is 9.62 Å². The van der Waals surface area contributed by atoms with E-state index in [1.807, 2.05) is 6.92 Å². The molecule has 0 aliphatic rings. The van der Waals surface area contributed by atoms with Crippen LogP contribution >= 0.6 is 0 Å². The fraction of sp³-hybridized carbons (Fsp3) is 0.500. The summed E-state index contributed by atoms with van der Waals surface area (Å²) in [5.41, 5.74) is 0.386. The van der Waals surface area contributed by atoms with E-state index in [4.69, 9.17) is 4.74 Å². The molecule has 0 radical (unpaired) electrons. The van der Waals surface area contributed by atoms with Gasteiger partial charge in [-0.2, -0.15) is 0 Å². The number of anilines is 1. The molecule has 0 atom stereocenters. The number of hydrogen-bond acceptors (Lipinski definition) is 5. The molecule has 1 amide bonds. The van der Waals surface area contributed by atoms with Gasteiger partial charge >= 0.3 is 5.97 Å². The third-order valence-corrected chi connectivity index (χ3v) is 4.55. The van der Waals surface area contributed by atoms with E-state index in [2.05, 4.69) is 5.32 Å². The lowest BCUT2D eigenvalue weighted by atomic mass is 10.2. The molecule has 0 aliphatic carbocycles. The summed E-state index contributed by atoms with van der Waals surface area (Å²) < 4.78 is 30.0. The van der Waals surface area contributed by atoms with E-state index in [0.717, 1.165) is 23.4 Å². The molecule has 1 aromatic carbocycles. The van der Waals surface area contributed by atoms with Crippen molar-refractivity contribution in [2.45, 2.75) is 26.2 Å². The van der Waals surface area contributed by atoms with Crippen LogP contribution in [0.15, 0.2) is 24.3 Å². The topological polar surface area (TPSA) is 92.8 Å². The lowest BCUT2D eigenvalue weighted by Crippen LogP contribution is -2.38. The Kier molecular flexibility index (Phi) is 7.70. The minimum Gasteiger partial charge on any atom is -0.465 e. The van der Waals surface area contributed by atoms with Crippen molar-refractivity contribution in [3.05, 3.63) is 29.8 Å². The lowest BCUT2D eigenvalue weighted by molar-refractivity contribution is -0.121. The predicted molar refractivity (Wildman–Crippen MR) is 92.5 cm³/mol. The molecule has 8 heteroatoms. The molecule has 24 heavy (non-hydrogen) atoms. The van der Waals surface area contributed by atoms with Crippen LogP contribution in [0.3, 0.4) is 0 Å². The number of esters is 1. The third kappa shape index (κ3) is 5.84. The highest BCUT2D eigenvalue weighted by molar-refractivity contribution is 7.92. The van der Waals surface area contributed by atoms with E-state index in [1.54, 1.807) is 12.1 Å². The second-order valence-electron chi connectivity index (χ2n) is 5.30. The molecule has 0 fully saturated rings. The Balaban J connectivity index is 2.93. The first-order chi connectivity index (χ1) is 11.3. The molecule has 0 unspecified atom stereocenters. The van der Waals surface area contributed by atoms with Crippen molar-refractivity contribution in [1.29, 1.82) is 0 Å². The SMILES string of the molecule is CCCCC(=O)NCCN(c1ccccc1C(=O)OC)S(C)(=O)=O. The van der Waals surface area contributed by atoms with E-state index in [9.17, 15) is 18.0 Å². The molecular formula is C16H24N2O5S. The molecule has 0 saturated carbocycles. The van der Waals surface area contributed by atoms with Crippen molar-refractivity contribution in [3.8, 4) is 0 Å². The standard InChI is InChI=1S/C16H24N2O5S/c1-4-5-10-15(19)17-11-12-18(24(3,21)22)14-9-7-6-8-13(14)16(20)23-2/h6-9H,4-5,10-12H2,1-3H3,(H,17,19). The van der Waals surface area contributed by atoms with E-state index in [1.165, 1.54) is 19.2 Å². The molecule has 0 aromatic heterocycles. The zero-order valence-corrected chi connectivity index (χ0v) is 15.1. The number of nitrogens with zero attached hydrogens (tertiary/aromatic N) is 1. The maximum atomic E-state index is 12.1. The molecule has 0 saturated heterocycles. The van der Waals surface area contributed by atoms with Crippen molar-refractivity contribution in [2.24, 2.45) is 0 Å². The number of carbonyl (C=O) groups is 2. The van der Waals surface area contributed by atoms with E-state index in [-0.39, 0.29) is 30.2 Å². The molecular weight excluding hydrogens is 332 g/mol. The molecule has 0 bridgehead atoms. The van der Waals surface area contributed by atoms with Gasteiger partial charge in [-0.05, 0) is 18.6 Å². The van der Waals surface area contributed by atoms with Crippen LogP contribution in [0.1, 0.15) is 36.5 Å². The first kappa shape index (κ1) is 20.0. The van der Waals surface area contributed by atoms with Gasteiger partial charge in [0.05, 0.1) is 31.2 Å². The molecule has 1 N–H and O–H groups in total.